The molecule has 3 heteroatoms. The lowest BCUT2D eigenvalue weighted by Crippen LogP contribution is -2.54. The van der Waals surface area contributed by atoms with Gasteiger partial charge in [-0.1, -0.05) is 32.6 Å². The molecular weight excluding hydrogens is 212 g/mol. The molecule has 3 nitrogen and oxygen atoms in total. The predicted molar refractivity (Wildman–Crippen MR) is 73.2 cm³/mol. The molecule has 0 saturated heterocycles. The SMILES string of the molecule is CCCCOCCN(C)C1(CN)CCCCC1. The van der Waals surface area contributed by atoms with E-state index in [4.69, 9.17) is 10.5 Å². The lowest BCUT2D eigenvalue weighted by Gasteiger charge is -2.44. The van der Waals surface area contributed by atoms with E-state index < -0.39 is 0 Å². The molecule has 1 aliphatic rings. The maximum Gasteiger partial charge on any atom is 0.0593 e. The second kappa shape index (κ2) is 8.06. The van der Waals surface area contributed by atoms with Crippen molar-refractivity contribution in [3.05, 3.63) is 0 Å². The van der Waals surface area contributed by atoms with Crippen molar-refractivity contribution in [1.82, 2.24) is 4.90 Å². The van der Waals surface area contributed by atoms with Gasteiger partial charge < -0.3 is 10.5 Å². The van der Waals surface area contributed by atoms with Gasteiger partial charge in [-0.15, -0.1) is 0 Å². The van der Waals surface area contributed by atoms with Gasteiger partial charge in [0.05, 0.1) is 6.61 Å². The number of hydrogen-bond donors (Lipinski definition) is 1. The second-order valence-electron chi connectivity index (χ2n) is 5.38. The van der Waals surface area contributed by atoms with E-state index in [-0.39, 0.29) is 5.54 Å². The zero-order chi connectivity index (χ0) is 12.6. The summed E-state index contributed by atoms with van der Waals surface area (Å²) in [6.45, 7) is 5.75. The van der Waals surface area contributed by atoms with Crippen LogP contribution >= 0.6 is 0 Å². The van der Waals surface area contributed by atoms with Crippen molar-refractivity contribution in [2.24, 2.45) is 5.73 Å². The first-order valence-electron chi connectivity index (χ1n) is 7.24. The summed E-state index contributed by atoms with van der Waals surface area (Å²) >= 11 is 0. The summed E-state index contributed by atoms with van der Waals surface area (Å²) in [5, 5.41) is 0. The summed E-state index contributed by atoms with van der Waals surface area (Å²) in [6, 6.07) is 0. The fraction of sp³-hybridized carbons (Fsp3) is 1.00. The first kappa shape index (κ1) is 14.9. The molecule has 1 fully saturated rings. The Balaban J connectivity index is 2.25. The van der Waals surface area contributed by atoms with E-state index in [0.717, 1.165) is 26.3 Å². The maximum absolute atomic E-state index is 6.01. The van der Waals surface area contributed by atoms with Crippen LogP contribution in [0, 0.1) is 0 Å². The molecule has 0 heterocycles. The maximum atomic E-state index is 6.01. The third-order valence-corrected chi connectivity index (χ3v) is 4.19. The van der Waals surface area contributed by atoms with Gasteiger partial charge in [-0.3, -0.25) is 4.90 Å². The lowest BCUT2D eigenvalue weighted by atomic mass is 9.80. The summed E-state index contributed by atoms with van der Waals surface area (Å²) < 4.78 is 5.64. The smallest absolute Gasteiger partial charge is 0.0593 e. The number of hydrogen-bond acceptors (Lipinski definition) is 3. The molecule has 17 heavy (non-hydrogen) atoms. The molecule has 0 unspecified atom stereocenters. The van der Waals surface area contributed by atoms with E-state index in [1.807, 2.05) is 0 Å². The highest BCUT2D eigenvalue weighted by Crippen LogP contribution is 2.31. The van der Waals surface area contributed by atoms with Gasteiger partial charge in [0.1, 0.15) is 0 Å². The highest BCUT2D eigenvalue weighted by atomic mass is 16.5. The molecule has 0 aromatic rings. The molecule has 1 rings (SSSR count). The molecule has 0 radical (unpaired) electrons. The lowest BCUT2D eigenvalue weighted by molar-refractivity contribution is 0.0414. The van der Waals surface area contributed by atoms with Gasteiger partial charge in [-0.2, -0.15) is 0 Å². The molecule has 0 aromatic heterocycles. The predicted octanol–water partition coefficient (Wildman–Crippen LogP) is 2.40. The third kappa shape index (κ3) is 4.57. The average molecular weight is 242 g/mol. The van der Waals surface area contributed by atoms with Crippen molar-refractivity contribution < 1.29 is 4.74 Å². The molecular formula is C14H30N2O. The first-order valence-corrected chi connectivity index (χ1v) is 7.24. The number of nitrogens with two attached hydrogens (primary N) is 1. The van der Waals surface area contributed by atoms with Crippen LogP contribution in [0.4, 0.5) is 0 Å². The van der Waals surface area contributed by atoms with Gasteiger partial charge in [0.15, 0.2) is 0 Å². The summed E-state index contributed by atoms with van der Waals surface area (Å²) in [6.07, 6.45) is 8.94. The Bertz CT molecular complexity index is 191. The van der Waals surface area contributed by atoms with Gasteiger partial charge in [0.2, 0.25) is 0 Å². The Kier molecular flexibility index (Phi) is 7.09. The standard InChI is InChI=1S/C14H30N2O/c1-3-4-11-17-12-10-16(2)14(13-15)8-6-5-7-9-14/h3-13,15H2,1-2H3. The van der Waals surface area contributed by atoms with Crippen LogP contribution in [-0.2, 0) is 4.74 Å². The summed E-state index contributed by atoms with van der Waals surface area (Å²) in [4.78, 5) is 2.44. The first-order chi connectivity index (χ1) is 8.25. The summed E-state index contributed by atoms with van der Waals surface area (Å²) in [5.41, 5.74) is 6.26. The Morgan fingerprint density at radius 3 is 2.47 bits per heavy atom. The van der Waals surface area contributed by atoms with Crippen LogP contribution in [0.15, 0.2) is 0 Å². The molecule has 0 spiro atoms. The average Bonchev–Trinajstić information content (AvgIpc) is 2.39. The third-order valence-electron chi connectivity index (χ3n) is 4.19. The molecule has 0 bridgehead atoms. The Labute approximate surface area is 107 Å². The van der Waals surface area contributed by atoms with E-state index in [1.54, 1.807) is 0 Å². The molecule has 1 saturated carbocycles. The van der Waals surface area contributed by atoms with Gasteiger partial charge in [0.25, 0.3) is 0 Å². The van der Waals surface area contributed by atoms with Crippen molar-refractivity contribution in [2.75, 3.05) is 33.4 Å². The Hall–Kier alpha value is -0.120. The van der Waals surface area contributed by atoms with Crippen LogP contribution in [0.25, 0.3) is 0 Å². The zero-order valence-electron chi connectivity index (χ0n) is 11.7. The molecule has 1 aliphatic carbocycles. The molecule has 102 valence electrons. The topological polar surface area (TPSA) is 38.5 Å². The van der Waals surface area contributed by atoms with Crippen molar-refractivity contribution in [3.8, 4) is 0 Å². The van der Waals surface area contributed by atoms with Crippen LogP contribution in [0.1, 0.15) is 51.9 Å². The van der Waals surface area contributed by atoms with Crippen LogP contribution in [0.5, 0.6) is 0 Å². The molecule has 0 aromatic carbocycles. The zero-order valence-corrected chi connectivity index (χ0v) is 11.7. The van der Waals surface area contributed by atoms with Gasteiger partial charge in [-0.05, 0) is 26.3 Å². The normalized spacial score (nSPS) is 19.8. The van der Waals surface area contributed by atoms with Crippen LogP contribution in [-0.4, -0.2) is 43.8 Å². The minimum Gasteiger partial charge on any atom is -0.380 e. The number of likely N-dealkylation sites (N-methyl/N-ethyl adjacent to an activating group) is 1. The number of ether oxygens (including phenoxy) is 1. The van der Waals surface area contributed by atoms with Crippen molar-refractivity contribution in [3.63, 3.8) is 0 Å². The number of unbranched alkanes of at least 4 members (excludes halogenated alkanes) is 1. The minimum atomic E-state index is 0.256. The van der Waals surface area contributed by atoms with Crippen molar-refractivity contribution in [1.29, 1.82) is 0 Å². The fourth-order valence-electron chi connectivity index (χ4n) is 2.74. The van der Waals surface area contributed by atoms with Crippen LogP contribution < -0.4 is 5.73 Å². The molecule has 0 amide bonds. The number of nitrogens with zero attached hydrogens (tertiary/aromatic N) is 1. The van der Waals surface area contributed by atoms with E-state index in [2.05, 4.69) is 18.9 Å². The van der Waals surface area contributed by atoms with Gasteiger partial charge in [0, 0.05) is 25.2 Å². The minimum absolute atomic E-state index is 0.256. The van der Waals surface area contributed by atoms with E-state index >= 15 is 0 Å². The van der Waals surface area contributed by atoms with Gasteiger partial charge >= 0.3 is 0 Å². The quantitative estimate of drug-likeness (QED) is 0.664. The van der Waals surface area contributed by atoms with E-state index in [0.29, 0.717) is 0 Å². The molecule has 2 N–H and O–H groups in total. The van der Waals surface area contributed by atoms with E-state index in [9.17, 15) is 0 Å². The van der Waals surface area contributed by atoms with Gasteiger partial charge in [-0.25, -0.2) is 0 Å². The monoisotopic (exact) mass is 242 g/mol. The highest BCUT2D eigenvalue weighted by molar-refractivity contribution is 4.92. The van der Waals surface area contributed by atoms with Crippen molar-refractivity contribution in [2.45, 2.75) is 57.4 Å². The fourth-order valence-corrected chi connectivity index (χ4v) is 2.74. The van der Waals surface area contributed by atoms with Crippen LogP contribution in [0.2, 0.25) is 0 Å². The van der Waals surface area contributed by atoms with E-state index in [1.165, 1.54) is 44.9 Å². The van der Waals surface area contributed by atoms with Crippen LogP contribution in [0.3, 0.4) is 0 Å². The summed E-state index contributed by atoms with van der Waals surface area (Å²) in [7, 11) is 2.21. The second-order valence-corrected chi connectivity index (χ2v) is 5.38. The number of rotatable bonds is 8. The van der Waals surface area contributed by atoms with Crippen molar-refractivity contribution >= 4 is 0 Å². The molecule has 0 atom stereocenters. The largest absolute Gasteiger partial charge is 0.380 e. The highest BCUT2D eigenvalue weighted by Gasteiger charge is 2.34. The Morgan fingerprint density at radius 1 is 1.18 bits per heavy atom. The summed E-state index contributed by atoms with van der Waals surface area (Å²) in [5.74, 6) is 0. The molecule has 0 aliphatic heterocycles. The Morgan fingerprint density at radius 2 is 1.88 bits per heavy atom.